The highest BCUT2D eigenvalue weighted by Crippen LogP contribution is 2.20. The van der Waals surface area contributed by atoms with Gasteiger partial charge in [-0.3, -0.25) is 0 Å². The Labute approximate surface area is 107 Å². The van der Waals surface area contributed by atoms with Crippen LogP contribution in [0.2, 0.25) is 0 Å². The zero-order valence-electron chi connectivity index (χ0n) is 10.2. The number of benzene rings is 1. The van der Waals surface area contributed by atoms with E-state index in [1.807, 2.05) is 6.07 Å². The smallest absolute Gasteiger partial charge is 0.124 e. The summed E-state index contributed by atoms with van der Waals surface area (Å²) in [5.74, 6) is 0.652. The van der Waals surface area contributed by atoms with E-state index >= 15 is 0 Å². The van der Waals surface area contributed by atoms with Crippen LogP contribution in [0.15, 0.2) is 29.2 Å². The first-order valence-corrected chi connectivity index (χ1v) is 6.97. The monoisotopic (exact) mass is 257 g/mol. The van der Waals surface area contributed by atoms with E-state index in [0.29, 0.717) is 0 Å². The molecule has 0 fully saturated rings. The molecule has 1 rings (SSSR count). The number of aliphatic hydroxyl groups excluding tert-OH is 1. The van der Waals surface area contributed by atoms with Crippen molar-refractivity contribution in [1.29, 1.82) is 0 Å². The minimum atomic E-state index is -0.199. The van der Waals surface area contributed by atoms with Crippen molar-refractivity contribution in [2.45, 2.75) is 30.7 Å². The van der Waals surface area contributed by atoms with Crippen molar-refractivity contribution in [3.63, 3.8) is 0 Å². The summed E-state index contributed by atoms with van der Waals surface area (Å²) in [5, 5.41) is 12.3. The average Bonchev–Trinajstić information content (AvgIpc) is 2.33. The van der Waals surface area contributed by atoms with E-state index in [1.54, 1.807) is 23.9 Å². The van der Waals surface area contributed by atoms with E-state index in [0.717, 1.165) is 30.0 Å². The van der Waals surface area contributed by atoms with Gasteiger partial charge < -0.3 is 10.4 Å². The van der Waals surface area contributed by atoms with Gasteiger partial charge in [-0.15, -0.1) is 11.8 Å². The van der Waals surface area contributed by atoms with Crippen LogP contribution in [0, 0.1) is 5.82 Å². The predicted octanol–water partition coefficient (Wildman–Crippen LogP) is 2.67. The van der Waals surface area contributed by atoms with Crippen LogP contribution in [0.25, 0.3) is 0 Å². The molecule has 2 N–H and O–H groups in total. The van der Waals surface area contributed by atoms with E-state index in [9.17, 15) is 4.39 Å². The van der Waals surface area contributed by atoms with Gasteiger partial charge in [0.2, 0.25) is 0 Å². The molecule has 0 aliphatic carbocycles. The third-order valence-electron chi connectivity index (χ3n) is 2.41. The first-order chi connectivity index (χ1) is 8.26. The Bertz CT molecular complexity index is 322. The van der Waals surface area contributed by atoms with Crippen molar-refractivity contribution in [2.24, 2.45) is 0 Å². The van der Waals surface area contributed by atoms with Crippen LogP contribution in [0.5, 0.6) is 0 Å². The number of hydrogen-bond acceptors (Lipinski definition) is 3. The lowest BCUT2D eigenvalue weighted by molar-refractivity contribution is 0.270. The van der Waals surface area contributed by atoms with E-state index in [-0.39, 0.29) is 18.5 Å². The van der Waals surface area contributed by atoms with Gasteiger partial charge in [-0.1, -0.05) is 13.0 Å². The average molecular weight is 257 g/mol. The molecule has 0 bridgehead atoms. The van der Waals surface area contributed by atoms with Gasteiger partial charge in [0.05, 0.1) is 0 Å². The number of aliphatic hydroxyl groups is 1. The molecule has 0 saturated heterocycles. The van der Waals surface area contributed by atoms with E-state index in [1.165, 1.54) is 6.07 Å². The molecule has 0 radical (unpaired) electrons. The lowest BCUT2D eigenvalue weighted by Gasteiger charge is -2.16. The fourth-order valence-corrected chi connectivity index (χ4v) is 2.55. The molecule has 0 saturated carbocycles. The highest BCUT2D eigenvalue weighted by atomic mass is 32.2. The Morgan fingerprint density at radius 3 is 2.94 bits per heavy atom. The second kappa shape index (κ2) is 8.50. The standard InChI is InChI=1S/C13H20FNOS/c1-2-7-15-12(6-8-16)10-17-13-5-3-4-11(14)9-13/h3-5,9,12,15-16H,2,6-8,10H2,1H3. The zero-order valence-corrected chi connectivity index (χ0v) is 11.0. The molecule has 1 aromatic rings. The zero-order chi connectivity index (χ0) is 12.5. The van der Waals surface area contributed by atoms with Crippen molar-refractivity contribution < 1.29 is 9.50 Å². The topological polar surface area (TPSA) is 32.3 Å². The summed E-state index contributed by atoms with van der Waals surface area (Å²) >= 11 is 1.62. The number of rotatable bonds is 8. The lowest BCUT2D eigenvalue weighted by atomic mass is 10.2. The Morgan fingerprint density at radius 1 is 1.47 bits per heavy atom. The molecule has 2 nitrogen and oxygen atoms in total. The molecule has 1 atom stereocenters. The predicted molar refractivity (Wildman–Crippen MR) is 70.9 cm³/mol. The van der Waals surface area contributed by atoms with Gasteiger partial charge >= 0.3 is 0 Å². The first kappa shape index (κ1) is 14.5. The van der Waals surface area contributed by atoms with Crippen molar-refractivity contribution in [2.75, 3.05) is 18.9 Å². The third-order valence-corrected chi connectivity index (χ3v) is 3.56. The molecule has 0 heterocycles. The number of hydrogen-bond donors (Lipinski definition) is 2. The van der Waals surface area contributed by atoms with Crippen molar-refractivity contribution in [3.05, 3.63) is 30.1 Å². The largest absolute Gasteiger partial charge is 0.396 e. The van der Waals surface area contributed by atoms with Gasteiger partial charge in [-0.2, -0.15) is 0 Å². The molecule has 0 spiro atoms. The fourth-order valence-electron chi connectivity index (χ4n) is 1.50. The normalized spacial score (nSPS) is 12.6. The maximum Gasteiger partial charge on any atom is 0.124 e. The van der Waals surface area contributed by atoms with E-state index in [4.69, 9.17) is 5.11 Å². The maximum absolute atomic E-state index is 13.0. The van der Waals surface area contributed by atoms with Crippen LogP contribution < -0.4 is 5.32 Å². The minimum Gasteiger partial charge on any atom is -0.396 e. The summed E-state index contributed by atoms with van der Waals surface area (Å²) in [6.07, 6.45) is 1.81. The molecular weight excluding hydrogens is 237 g/mol. The van der Waals surface area contributed by atoms with Gasteiger partial charge in [0.15, 0.2) is 0 Å². The Kier molecular flexibility index (Phi) is 7.24. The van der Waals surface area contributed by atoms with Crippen LogP contribution in [-0.4, -0.2) is 30.1 Å². The summed E-state index contributed by atoms with van der Waals surface area (Å²) in [4.78, 5) is 0.936. The van der Waals surface area contributed by atoms with Gasteiger partial charge in [0.25, 0.3) is 0 Å². The summed E-state index contributed by atoms with van der Waals surface area (Å²) in [5.41, 5.74) is 0. The molecule has 1 unspecified atom stereocenters. The van der Waals surface area contributed by atoms with Gasteiger partial charge in [0.1, 0.15) is 5.82 Å². The van der Waals surface area contributed by atoms with E-state index < -0.39 is 0 Å². The molecule has 96 valence electrons. The number of nitrogens with one attached hydrogen (secondary N) is 1. The Hall–Kier alpha value is -0.580. The van der Waals surface area contributed by atoms with Crippen LogP contribution in [0.1, 0.15) is 19.8 Å². The quantitative estimate of drug-likeness (QED) is 0.702. The first-order valence-electron chi connectivity index (χ1n) is 5.99. The second-order valence-corrected chi connectivity index (χ2v) is 5.03. The fraction of sp³-hybridized carbons (Fsp3) is 0.538. The Morgan fingerprint density at radius 2 is 2.29 bits per heavy atom. The SMILES string of the molecule is CCCNC(CCO)CSc1cccc(F)c1. The molecule has 0 aliphatic heterocycles. The number of thioether (sulfide) groups is 1. The maximum atomic E-state index is 13.0. The van der Waals surface area contributed by atoms with E-state index in [2.05, 4.69) is 12.2 Å². The molecule has 1 aromatic carbocycles. The minimum absolute atomic E-state index is 0.186. The highest BCUT2D eigenvalue weighted by molar-refractivity contribution is 7.99. The van der Waals surface area contributed by atoms with Gasteiger partial charge in [-0.25, -0.2) is 4.39 Å². The van der Waals surface area contributed by atoms with Gasteiger partial charge in [0, 0.05) is 23.3 Å². The number of halogens is 1. The third kappa shape index (κ3) is 6.05. The summed E-state index contributed by atoms with van der Waals surface area (Å²) in [6, 6.07) is 6.90. The van der Waals surface area contributed by atoms with Crippen LogP contribution in [0.3, 0.4) is 0 Å². The molecule has 17 heavy (non-hydrogen) atoms. The summed E-state index contributed by atoms with van der Waals surface area (Å²) < 4.78 is 13.0. The lowest BCUT2D eigenvalue weighted by Crippen LogP contribution is -2.32. The van der Waals surface area contributed by atoms with Crippen LogP contribution in [0.4, 0.5) is 4.39 Å². The molecule has 0 aliphatic rings. The molecule has 4 heteroatoms. The van der Waals surface area contributed by atoms with Crippen molar-refractivity contribution >= 4 is 11.8 Å². The van der Waals surface area contributed by atoms with Crippen molar-refractivity contribution in [3.8, 4) is 0 Å². The Balaban J connectivity index is 2.39. The summed E-state index contributed by atoms with van der Waals surface area (Å²) in [6.45, 7) is 3.25. The highest BCUT2D eigenvalue weighted by Gasteiger charge is 2.07. The summed E-state index contributed by atoms with van der Waals surface area (Å²) in [7, 11) is 0. The molecule has 0 amide bonds. The second-order valence-electron chi connectivity index (χ2n) is 3.93. The van der Waals surface area contributed by atoms with Crippen molar-refractivity contribution in [1.82, 2.24) is 5.32 Å². The van der Waals surface area contributed by atoms with Gasteiger partial charge in [-0.05, 0) is 37.6 Å². The molecular formula is C13H20FNOS. The van der Waals surface area contributed by atoms with Crippen LogP contribution >= 0.6 is 11.8 Å². The molecule has 0 aromatic heterocycles. The van der Waals surface area contributed by atoms with Crippen LogP contribution in [-0.2, 0) is 0 Å².